The van der Waals surface area contributed by atoms with E-state index < -0.39 is 0 Å². The zero-order chi connectivity index (χ0) is 13.1. The van der Waals surface area contributed by atoms with Crippen LogP contribution in [0, 0.1) is 20.8 Å². The molecule has 1 nitrogen and oxygen atoms in total. The van der Waals surface area contributed by atoms with E-state index in [1.807, 2.05) is 0 Å². The molecule has 0 atom stereocenters. The Labute approximate surface area is 111 Å². The monoisotopic (exact) mass is 251 g/mol. The topological polar surface area (TPSA) is 12.0 Å². The van der Waals surface area contributed by atoms with Gasteiger partial charge in [-0.15, -0.1) is 0 Å². The normalized spacial score (nSPS) is 11.9. The van der Waals surface area contributed by atoms with Gasteiger partial charge in [-0.05, 0) is 43.0 Å². The quantitative estimate of drug-likeness (QED) is 0.604. The molecule has 0 saturated heterocycles. The first-order chi connectivity index (χ1) is 7.90. The van der Waals surface area contributed by atoms with Crippen LogP contribution in [0.25, 0.3) is 0 Å². The minimum Gasteiger partial charge on any atom is -0.315 e. The summed E-state index contributed by atoms with van der Waals surface area (Å²) in [7, 11) is 0. The molecule has 1 N–H and O–H groups in total. The highest BCUT2D eigenvalue weighted by atomic mass is 32.1. The summed E-state index contributed by atoms with van der Waals surface area (Å²) in [6.45, 7) is 13.2. The third-order valence-electron chi connectivity index (χ3n) is 3.64. The summed E-state index contributed by atoms with van der Waals surface area (Å²) in [4.78, 5) is 0. The second-order valence-electron chi connectivity index (χ2n) is 5.46. The minimum absolute atomic E-state index is 0.172. The Morgan fingerprint density at radius 2 is 1.76 bits per heavy atom. The first-order valence-corrected chi connectivity index (χ1v) is 6.92. The van der Waals surface area contributed by atoms with E-state index in [1.54, 1.807) is 0 Å². The van der Waals surface area contributed by atoms with E-state index in [9.17, 15) is 0 Å². The van der Waals surface area contributed by atoms with Crippen LogP contribution in [-0.4, -0.2) is 18.8 Å². The average molecular weight is 251 g/mol. The maximum atomic E-state index is 4.23. The molecule has 1 rings (SSSR count). The number of hydrogen-bond donors (Lipinski definition) is 2. The molecule has 0 aliphatic carbocycles. The van der Waals surface area contributed by atoms with Crippen molar-refractivity contribution in [1.29, 1.82) is 0 Å². The van der Waals surface area contributed by atoms with Crippen molar-refractivity contribution >= 4 is 12.6 Å². The standard InChI is InChI=1S/C15H25NS/c1-11-6-7-14(13(3)12(11)2)15(4,5)10-16-8-9-17/h6-7,16-17H,8-10H2,1-5H3. The second kappa shape index (κ2) is 5.92. The summed E-state index contributed by atoms with van der Waals surface area (Å²) >= 11 is 4.23. The van der Waals surface area contributed by atoms with Crippen LogP contribution in [0.15, 0.2) is 12.1 Å². The third-order valence-corrected chi connectivity index (χ3v) is 3.87. The summed E-state index contributed by atoms with van der Waals surface area (Å²) in [6, 6.07) is 4.51. The SMILES string of the molecule is Cc1ccc(C(C)(C)CNCCS)c(C)c1C. The van der Waals surface area contributed by atoms with Gasteiger partial charge in [0.25, 0.3) is 0 Å². The number of rotatable bonds is 5. The number of thiol groups is 1. The zero-order valence-corrected chi connectivity index (χ0v) is 12.6. The Kier molecular flexibility index (Phi) is 5.08. The van der Waals surface area contributed by atoms with Crippen LogP contribution in [0.1, 0.15) is 36.1 Å². The van der Waals surface area contributed by atoms with Crippen molar-refractivity contribution in [2.45, 2.75) is 40.0 Å². The summed E-state index contributed by atoms with van der Waals surface area (Å²) in [5, 5.41) is 3.46. The van der Waals surface area contributed by atoms with E-state index in [4.69, 9.17) is 0 Å². The van der Waals surface area contributed by atoms with Crippen molar-refractivity contribution < 1.29 is 0 Å². The molecule has 0 amide bonds. The average Bonchev–Trinajstić information content (AvgIpc) is 2.26. The highest BCUT2D eigenvalue weighted by Crippen LogP contribution is 2.28. The highest BCUT2D eigenvalue weighted by molar-refractivity contribution is 7.80. The predicted octanol–water partition coefficient (Wildman–Crippen LogP) is 3.41. The third kappa shape index (κ3) is 3.49. The summed E-state index contributed by atoms with van der Waals surface area (Å²) in [5.41, 5.74) is 5.86. The summed E-state index contributed by atoms with van der Waals surface area (Å²) in [5.74, 6) is 0.891. The molecule has 2 heteroatoms. The molecule has 0 radical (unpaired) electrons. The fraction of sp³-hybridized carbons (Fsp3) is 0.600. The van der Waals surface area contributed by atoms with Gasteiger partial charge in [0.2, 0.25) is 0 Å². The molecule has 0 aliphatic heterocycles. The first-order valence-electron chi connectivity index (χ1n) is 6.29. The Morgan fingerprint density at radius 1 is 1.12 bits per heavy atom. The predicted molar refractivity (Wildman–Crippen MR) is 80.4 cm³/mol. The van der Waals surface area contributed by atoms with Gasteiger partial charge in [-0.1, -0.05) is 26.0 Å². The minimum atomic E-state index is 0.172. The number of hydrogen-bond acceptors (Lipinski definition) is 2. The zero-order valence-electron chi connectivity index (χ0n) is 11.7. The molecular formula is C15H25NS. The number of aryl methyl sites for hydroxylation is 1. The maximum Gasteiger partial charge on any atom is 0.00436 e. The van der Waals surface area contributed by atoms with Gasteiger partial charge in [0, 0.05) is 24.3 Å². The summed E-state index contributed by atoms with van der Waals surface area (Å²) in [6.07, 6.45) is 0. The Bertz CT molecular complexity index is 383. The number of benzene rings is 1. The van der Waals surface area contributed by atoms with E-state index in [2.05, 4.69) is 64.7 Å². The second-order valence-corrected chi connectivity index (χ2v) is 5.91. The lowest BCUT2D eigenvalue weighted by Gasteiger charge is -2.29. The van der Waals surface area contributed by atoms with E-state index in [-0.39, 0.29) is 5.41 Å². The molecule has 0 spiro atoms. The van der Waals surface area contributed by atoms with Gasteiger partial charge in [-0.25, -0.2) is 0 Å². The van der Waals surface area contributed by atoms with Crippen LogP contribution in [-0.2, 0) is 5.41 Å². The van der Waals surface area contributed by atoms with E-state index in [0.717, 1.165) is 18.8 Å². The van der Waals surface area contributed by atoms with Gasteiger partial charge in [0.05, 0.1) is 0 Å². The van der Waals surface area contributed by atoms with Gasteiger partial charge in [0.1, 0.15) is 0 Å². The van der Waals surface area contributed by atoms with E-state index in [0.29, 0.717) is 0 Å². The Hall–Kier alpha value is -0.470. The molecule has 0 fully saturated rings. The van der Waals surface area contributed by atoms with Crippen LogP contribution in [0.5, 0.6) is 0 Å². The fourth-order valence-electron chi connectivity index (χ4n) is 2.26. The van der Waals surface area contributed by atoms with Gasteiger partial charge in [-0.2, -0.15) is 12.6 Å². The van der Waals surface area contributed by atoms with Gasteiger partial charge < -0.3 is 5.32 Å². The van der Waals surface area contributed by atoms with Gasteiger partial charge in [0.15, 0.2) is 0 Å². The fourth-order valence-corrected chi connectivity index (χ4v) is 2.42. The number of nitrogens with one attached hydrogen (secondary N) is 1. The van der Waals surface area contributed by atoms with Crippen molar-refractivity contribution in [3.05, 3.63) is 34.4 Å². The molecule has 96 valence electrons. The van der Waals surface area contributed by atoms with Crippen molar-refractivity contribution in [3.63, 3.8) is 0 Å². The molecule has 0 bridgehead atoms. The van der Waals surface area contributed by atoms with Crippen molar-refractivity contribution in [2.24, 2.45) is 0 Å². The summed E-state index contributed by atoms with van der Waals surface area (Å²) < 4.78 is 0. The molecule has 1 aromatic rings. The Balaban J connectivity index is 2.94. The molecule has 0 unspecified atom stereocenters. The lowest BCUT2D eigenvalue weighted by molar-refractivity contribution is 0.476. The lowest BCUT2D eigenvalue weighted by Crippen LogP contribution is -2.34. The lowest BCUT2D eigenvalue weighted by atomic mass is 9.80. The van der Waals surface area contributed by atoms with Gasteiger partial charge >= 0.3 is 0 Å². The van der Waals surface area contributed by atoms with Crippen molar-refractivity contribution in [1.82, 2.24) is 5.32 Å². The van der Waals surface area contributed by atoms with Gasteiger partial charge in [-0.3, -0.25) is 0 Å². The molecule has 1 aromatic carbocycles. The maximum absolute atomic E-state index is 4.23. The Morgan fingerprint density at radius 3 is 2.35 bits per heavy atom. The smallest absolute Gasteiger partial charge is 0.00436 e. The van der Waals surface area contributed by atoms with E-state index >= 15 is 0 Å². The molecule has 0 heterocycles. The molecule has 0 saturated carbocycles. The van der Waals surface area contributed by atoms with Crippen LogP contribution < -0.4 is 5.32 Å². The largest absolute Gasteiger partial charge is 0.315 e. The van der Waals surface area contributed by atoms with Crippen molar-refractivity contribution in [2.75, 3.05) is 18.8 Å². The highest BCUT2D eigenvalue weighted by Gasteiger charge is 2.22. The van der Waals surface area contributed by atoms with Crippen LogP contribution in [0.3, 0.4) is 0 Å². The van der Waals surface area contributed by atoms with Crippen LogP contribution in [0.4, 0.5) is 0 Å². The molecular weight excluding hydrogens is 226 g/mol. The molecule has 0 aliphatic rings. The molecule has 17 heavy (non-hydrogen) atoms. The molecule has 0 aromatic heterocycles. The van der Waals surface area contributed by atoms with Crippen molar-refractivity contribution in [3.8, 4) is 0 Å². The first kappa shape index (κ1) is 14.6. The van der Waals surface area contributed by atoms with Crippen LogP contribution >= 0.6 is 12.6 Å². The van der Waals surface area contributed by atoms with E-state index in [1.165, 1.54) is 22.3 Å². The van der Waals surface area contributed by atoms with Crippen LogP contribution in [0.2, 0.25) is 0 Å².